The SMILES string of the molecule is O=CO[O-].S=c1nn[nH]n1-c1c[c-]ccc1.[Na+]. The first-order chi connectivity index (χ1) is 7.79. The summed E-state index contributed by atoms with van der Waals surface area (Å²) in [6, 6.07) is 10.3. The number of aromatic nitrogens is 4. The van der Waals surface area contributed by atoms with Crippen molar-refractivity contribution in [1.29, 1.82) is 0 Å². The van der Waals surface area contributed by atoms with Crippen LogP contribution in [-0.2, 0) is 9.68 Å². The van der Waals surface area contributed by atoms with Crippen molar-refractivity contribution in [3.63, 3.8) is 0 Å². The third-order valence-electron chi connectivity index (χ3n) is 1.46. The van der Waals surface area contributed by atoms with Gasteiger partial charge in [0.15, 0.2) is 0 Å². The molecular weight excluding hydrogens is 255 g/mol. The molecule has 0 bridgehead atoms. The summed E-state index contributed by atoms with van der Waals surface area (Å²) in [6.07, 6.45) is 0. The summed E-state index contributed by atoms with van der Waals surface area (Å²) < 4.78 is 2.01. The van der Waals surface area contributed by atoms with E-state index in [-0.39, 0.29) is 36.0 Å². The molecule has 17 heavy (non-hydrogen) atoms. The Morgan fingerprint density at radius 2 is 2.35 bits per heavy atom. The maximum atomic E-state index is 8.64. The first-order valence-electron chi connectivity index (χ1n) is 3.98. The van der Waals surface area contributed by atoms with E-state index in [1.807, 2.05) is 18.2 Å². The maximum absolute atomic E-state index is 8.64. The number of hydrogen-bond donors (Lipinski definition) is 1. The molecule has 0 aliphatic heterocycles. The summed E-state index contributed by atoms with van der Waals surface area (Å²) in [6.45, 7) is -0.181. The van der Waals surface area contributed by atoms with Gasteiger partial charge in [0.2, 0.25) is 4.77 Å². The summed E-state index contributed by atoms with van der Waals surface area (Å²) >= 11 is 4.91. The Bertz CT molecular complexity index is 487. The van der Waals surface area contributed by atoms with Gasteiger partial charge < -0.3 is 10.1 Å². The number of carbonyl (C=O) groups excluding carboxylic acids is 1. The minimum atomic E-state index is -0.181. The van der Waals surface area contributed by atoms with E-state index in [1.54, 1.807) is 10.7 Å². The number of nitrogens with one attached hydrogen (secondary N) is 1. The molecule has 1 aromatic carbocycles. The fourth-order valence-corrected chi connectivity index (χ4v) is 1.08. The second-order valence-corrected chi connectivity index (χ2v) is 2.74. The van der Waals surface area contributed by atoms with Gasteiger partial charge in [0, 0.05) is 0 Å². The van der Waals surface area contributed by atoms with Gasteiger partial charge in [-0.3, -0.25) is 9.48 Å². The fraction of sp³-hybridized carbons (Fsp3) is 0. The quantitative estimate of drug-likeness (QED) is 0.151. The van der Waals surface area contributed by atoms with Crippen molar-refractivity contribution in [2.24, 2.45) is 0 Å². The Hall–Kier alpha value is -1.06. The zero-order chi connectivity index (χ0) is 11.8. The number of tetrazole rings is 1. The number of carbonyl (C=O) groups is 1. The van der Waals surface area contributed by atoms with Gasteiger partial charge in [-0.05, 0) is 17.9 Å². The normalized spacial score (nSPS) is 8.29. The molecule has 0 saturated carbocycles. The Balaban J connectivity index is 0.000000453. The van der Waals surface area contributed by atoms with Crippen molar-refractivity contribution in [2.45, 2.75) is 0 Å². The van der Waals surface area contributed by atoms with E-state index in [0.717, 1.165) is 5.69 Å². The van der Waals surface area contributed by atoms with Gasteiger partial charge in [-0.1, -0.05) is 10.3 Å². The Kier molecular flexibility index (Phi) is 8.46. The van der Waals surface area contributed by atoms with Crippen LogP contribution in [0.25, 0.3) is 5.69 Å². The fourth-order valence-electron chi connectivity index (χ4n) is 0.888. The van der Waals surface area contributed by atoms with E-state index >= 15 is 0 Å². The van der Waals surface area contributed by atoms with Crippen LogP contribution in [0.2, 0.25) is 0 Å². The number of hydrogen-bond acceptors (Lipinski definition) is 6. The van der Waals surface area contributed by atoms with Gasteiger partial charge in [0.1, 0.15) is 0 Å². The molecule has 1 N–H and O–H groups in total. The molecule has 2 aromatic rings. The van der Waals surface area contributed by atoms with E-state index in [0.29, 0.717) is 4.77 Å². The number of rotatable bonds is 2. The predicted molar refractivity (Wildman–Crippen MR) is 52.5 cm³/mol. The molecule has 2 rings (SSSR count). The Morgan fingerprint density at radius 3 is 2.76 bits per heavy atom. The van der Waals surface area contributed by atoms with Gasteiger partial charge in [0.05, 0.1) is 0 Å². The molecule has 1 heterocycles. The molecule has 0 unspecified atom stereocenters. The summed E-state index contributed by atoms with van der Waals surface area (Å²) in [5.74, 6) is 0. The van der Waals surface area contributed by atoms with Crippen molar-refractivity contribution in [3.8, 4) is 5.69 Å². The number of benzene rings is 1. The van der Waals surface area contributed by atoms with E-state index < -0.39 is 0 Å². The molecule has 0 aliphatic carbocycles. The van der Waals surface area contributed by atoms with Crippen molar-refractivity contribution in [1.82, 2.24) is 20.2 Å². The van der Waals surface area contributed by atoms with Crippen LogP contribution in [0.3, 0.4) is 0 Å². The molecule has 7 nitrogen and oxygen atoms in total. The number of nitrogens with zero attached hydrogens (tertiary/aromatic N) is 3. The average molecular weight is 261 g/mol. The van der Waals surface area contributed by atoms with Gasteiger partial charge in [-0.15, -0.1) is 6.07 Å². The molecule has 0 aliphatic rings. The monoisotopic (exact) mass is 261 g/mol. The van der Waals surface area contributed by atoms with E-state index in [1.165, 1.54) is 0 Å². The number of aromatic amines is 1. The van der Waals surface area contributed by atoms with Crippen LogP contribution in [0.15, 0.2) is 24.3 Å². The van der Waals surface area contributed by atoms with Crippen LogP contribution in [-0.4, -0.2) is 26.7 Å². The first-order valence-corrected chi connectivity index (χ1v) is 4.39. The van der Waals surface area contributed by atoms with Gasteiger partial charge >= 0.3 is 29.6 Å². The Labute approximate surface area is 124 Å². The smallest absolute Gasteiger partial charge is 0.662 e. The van der Waals surface area contributed by atoms with E-state index in [4.69, 9.17) is 22.3 Å². The molecule has 1 aromatic heterocycles. The summed E-state index contributed by atoms with van der Waals surface area (Å²) in [7, 11) is 0. The minimum Gasteiger partial charge on any atom is -0.662 e. The van der Waals surface area contributed by atoms with Crippen molar-refractivity contribution in [3.05, 3.63) is 35.1 Å². The largest absolute Gasteiger partial charge is 1.00 e. The molecule has 0 amide bonds. The molecular formula is C8H6N4NaO3S-. The third-order valence-corrected chi connectivity index (χ3v) is 1.72. The second-order valence-electron chi connectivity index (χ2n) is 2.37. The van der Waals surface area contributed by atoms with Crippen LogP contribution in [0.1, 0.15) is 0 Å². The van der Waals surface area contributed by atoms with Crippen LogP contribution in [0, 0.1) is 10.8 Å². The summed E-state index contributed by atoms with van der Waals surface area (Å²) in [5.41, 5.74) is 0.882. The second kappa shape index (κ2) is 9.02. The Morgan fingerprint density at radius 1 is 1.65 bits per heavy atom. The van der Waals surface area contributed by atoms with E-state index in [9.17, 15) is 0 Å². The molecule has 9 heteroatoms. The maximum Gasteiger partial charge on any atom is 1.00 e. The minimum absolute atomic E-state index is 0. The molecule has 0 atom stereocenters. The average Bonchev–Trinajstić information content (AvgIpc) is 2.77. The van der Waals surface area contributed by atoms with Crippen molar-refractivity contribution < 1.29 is 44.5 Å². The number of H-pyrrole nitrogens is 1. The molecule has 84 valence electrons. The van der Waals surface area contributed by atoms with Gasteiger partial charge in [-0.2, -0.15) is 24.3 Å². The third kappa shape index (κ3) is 5.20. The van der Waals surface area contributed by atoms with Crippen LogP contribution in [0.5, 0.6) is 0 Å². The van der Waals surface area contributed by atoms with Crippen LogP contribution < -0.4 is 34.8 Å². The molecule has 0 radical (unpaired) electrons. The standard InChI is InChI=1S/C7H5N4S.CH2O3.Na/c12-7-8-9-10-11(7)6-4-2-1-3-5-6;2-1-4-3;/h1-2,4-5H,(H,8,10,12);1,3H;/q-1;;+1/p-1. The van der Waals surface area contributed by atoms with Crippen LogP contribution >= 0.6 is 12.2 Å². The zero-order valence-corrected chi connectivity index (χ0v) is 11.7. The molecule has 0 saturated heterocycles. The van der Waals surface area contributed by atoms with Gasteiger partial charge in [-0.25, -0.2) is 5.21 Å². The van der Waals surface area contributed by atoms with E-state index in [2.05, 4.69) is 26.5 Å². The van der Waals surface area contributed by atoms with Crippen molar-refractivity contribution >= 4 is 18.7 Å². The summed E-state index contributed by atoms with van der Waals surface area (Å²) in [5, 5.41) is 18.3. The molecule has 0 fully saturated rings. The zero-order valence-electron chi connectivity index (χ0n) is 8.86. The predicted octanol–water partition coefficient (Wildman–Crippen LogP) is -3.44. The summed E-state index contributed by atoms with van der Waals surface area (Å²) in [4.78, 5) is 11.2. The van der Waals surface area contributed by atoms with Gasteiger partial charge in [0.25, 0.3) is 6.47 Å². The van der Waals surface area contributed by atoms with Crippen molar-refractivity contribution in [2.75, 3.05) is 0 Å². The topological polar surface area (TPSA) is 95.9 Å². The van der Waals surface area contributed by atoms with Crippen LogP contribution in [0.4, 0.5) is 0 Å². The first kappa shape index (κ1) is 15.9. The molecule has 0 spiro atoms.